The number of hydrogen-bond donors (Lipinski definition) is 2. The van der Waals surface area contributed by atoms with Crippen LogP contribution in [0.2, 0.25) is 0 Å². The summed E-state index contributed by atoms with van der Waals surface area (Å²) in [6.45, 7) is 0.546. The first-order chi connectivity index (χ1) is 7.68. The van der Waals surface area contributed by atoms with Crippen LogP contribution in [-0.2, 0) is 28.4 Å². The summed E-state index contributed by atoms with van der Waals surface area (Å²) in [6.07, 6.45) is 3.32. The molecular formula is C11H16Cl2N2Pt. The number of hydrogen-bond acceptors (Lipinski definition) is 2. The van der Waals surface area contributed by atoms with Crippen molar-refractivity contribution in [1.82, 2.24) is 0 Å². The van der Waals surface area contributed by atoms with Gasteiger partial charge in [0.2, 0.25) is 0 Å². The Morgan fingerprint density at radius 2 is 1.94 bits per heavy atom. The molecule has 1 aromatic rings. The monoisotopic (exact) mass is 441 g/mol. The van der Waals surface area contributed by atoms with Crippen LogP contribution < -0.4 is 11.5 Å². The van der Waals surface area contributed by atoms with Crippen molar-refractivity contribution in [2.24, 2.45) is 11.5 Å². The van der Waals surface area contributed by atoms with Gasteiger partial charge in [0.05, 0.1) is 5.54 Å². The fourth-order valence-corrected chi connectivity index (χ4v) is 2.17. The summed E-state index contributed by atoms with van der Waals surface area (Å²) >= 11 is -0.472. The van der Waals surface area contributed by atoms with Crippen LogP contribution in [0.5, 0.6) is 0 Å². The van der Waals surface area contributed by atoms with Gasteiger partial charge in [-0.05, 0) is 30.4 Å². The Hall–Kier alpha value is 0.408. The van der Waals surface area contributed by atoms with Crippen LogP contribution in [0.3, 0.4) is 0 Å². The number of fused-ring (bicyclic) bond motifs is 1. The topological polar surface area (TPSA) is 52.0 Å². The maximum atomic E-state index is 6.24. The molecule has 1 unspecified atom stereocenters. The zero-order valence-electron chi connectivity index (χ0n) is 8.86. The van der Waals surface area contributed by atoms with E-state index >= 15 is 0 Å². The predicted octanol–water partition coefficient (Wildman–Crippen LogP) is 2.51. The molecule has 1 atom stereocenters. The van der Waals surface area contributed by atoms with Crippen LogP contribution >= 0.6 is 18.8 Å². The summed E-state index contributed by atoms with van der Waals surface area (Å²) in [7, 11) is 9.75. The Morgan fingerprint density at radius 1 is 1.31 bits per heavy atom. The van der Waals surface area contributed by atoms with Gasteiger partial charge in [0, 0.05) is 6.54 Å². The van der Waals surface area contributed by atoms with Crippen molar-refractivity contribution in [3.8, 4) is 0 Å². The molecule has 1 aliphatic carbocycles. The van der Waals surface area contributed by atoms with Gasteiger partial charge in [-0.3, -0.25) is 0 Å². The molecule has 2 rings (SSSR count). The standard InChI is InChI=1S/C11H16N2.2ClH.Pt/c12-8-11(13)7-3-5-9-4-1-2-6-10(9)11;;;/h1-2,4,6H,3,5,7-8,12-13H2;2*1H;/q;;;+2/p-2. The summed E-state index contributed by atoms with van der Waals surface area (Å²) in [4.78, 5) is 0. The molecule has 0 radical (unpaired) electrons. The summed E-state index contributed by atoms with van der Waals surface area (Å²) in [5.41, 5.74) is 14.3. The van der Waals surface area contributed by atoms with Crippen molar-refractivity contribution >= 4 is 18.8 Å². The molecule has 0 bridgehead atoms. The van der Waals surface area contributed by atoms with E-state index in [1.54, 1.807) is 0 Å². The van der Waals surface area contributed by atoms with Gasteiger partial charge in [0.1, 0.15) is 0 Å². The van der Waals surface area contributed by atoms with Crippen molar-refractivity contribution in [1.29, 1.82) is 0 Å². The second-order valence-corrected chi connectivity index (χ2v) is 7.20. The maximum absolute atomic E-state index is 6.24. The number of aryl methyl sites for hydroxylation is 1. The van der Waals surface area contributed by atoms with Crippen molar-refractivity contribution < 1.29 is 16.5 Å². The molecule has 0 saturated carbocycles. The second kappa shape index (κ2) is 6.98. The molecule has 16 heavy (non-hydrogen) atoms. The van der Waals surface area contributed by atoms with E-state index in [4.69, 9.17) is 30.3 Å². The molecule has 0 spiro atoms. The molecule has 0 heterocycles. The Morgan fingerprint density at radius 3 is 2.56 bits per heavy atom. The molecule has 94 valence electrons. The third kappa shape index (κ3) is 3.45. The van der Waals surface area contributed by atoms with Crippen LogP contribution in [-0.4, -0.2) is 6.54 Å². The van der Waals surface area contributed by atoms with Gasteiger partial charge in [-0.2, -0.15) is 0 Å². The van der Waals surface area contributed by atoms with Crippen molar-refractivity contribution in [3.05, 3.63) is 35.4 Å². The predicted molar refractivity (Wildman–Crippen MR) is 66.0 cm³/mol. The van der Waals surface area contributed by atoms with E-state index in [-0.39, 0.29) is 5.54 Å². The first kappa shape index (κ1) is 14.5. The van der Waals surface area contributed by atoms with Gasteiger partial charge in [0.25, 0.3) is 0 Å². The van der Waals surface area contributed by atoms with Gasteiger partial charge in [0.15, 0.2) is 0 Å². The summed E-state index contributed by atoms with van der Waals surface area (Å²) in [5, 5.41) is 0. The normalized spacial score (nSPS) is 23.2. The van der Waals surface area contributed by atoms with Crippen LogP contribution in [0, 0.1) is 0 Å². The van der Waals surface area contributed by atoms with Crippen LogP contribution in [0.25, 0.3) is 0 Å². The minimum absolute atomic E-state index is 0.269. The molecule has 0 amide bonds. The van der Waals surface area contributed by atoms with E-state index < -0.39 is 16.5 Å². The zero-order chi connectivity index (χ0) is 12.0. The molecule has 1 aromatic carbocycles. The van der Waals surface area contributed by atoms with Gasteiger partial charge >= 0.3 is 35.3 Å². The Balaban J connectivity index is 0.000000386. The summed E-state index contributed by atoms with van der Waals surface area (Å²) < 4.78 is 0. The first-order valence-electron chi connectivity index (χ1n) is 5.07. The first-order valence-corrected chi connectivity index (χ1v) is 10.7. The molecule has 5 heteroatoms. The Labute approximate surface area is 113 Å². The molecule has 0 aliphatic heterocycles. The number of halogens is 2. The average molecular weight is 442 g/mol. The molecule has 1 aliphatic rings. The van der Waals surface area contributed by atoms with Crippen LogP contribution in [0.15, 0.2) is 24.3 Å². The average Bonchev–Trinajstić information content (AvgIpc) is 2.31. The summed E-state index contributed by atoms with van der Waals surface area (Å²) in [5.74, 6) is 0. The third-order valence-electron chi connectivity index (χ3n) is 2.99. The van der Waals surface area contributed by atoms with Gasteiger partial charge < -0.3 is 11.5 Å². The van der Waals surface area contributed by atoms with Crippen LogP contribution in [0.1, 0.15) is 24.0 Å². The fraction of sp³-hybridized carbons (Fsp3) is 0.455. The van der Waals surface area contributed by atoms with Gasteiger partial charge in [-0.15, -0.1) is 0 Å². The molecule has 0 aromatic heterocycles. The molecule has 0 saturated heterocycles. The second-order valence-electron chi connectivity index (χ2n) is 3.92. The van der Waals surface area contributed by atoms with E-state index in [1.807, 2.05) is 6.07 Å². The SMILES string of the molecule is NCC1(N)CCCc2ccccc21.[Cl][Pt][Cl]. The van der Waals surface area contributed by atoms with Crippen LogP contribution in [0.4, 0.5) is 0 Å². The zero-order valence-corrected chi connectivity index (χ0v) is 12.6. The molecule has 2 nitrogen and oxygen atoms in total. The molecule has 4 N–H and O–H groups in total. The molecular weight excluding hydrogens is 426 g/mol. The number of rotatable bonds is 1. The minimum atomic E-state index is -0.472. The van der Waals surface area contributed by atoms with Crippen molar-refractivity contribution in [3.63, 3.8) is 0 Å². The molecule has 0 fully saturated rings. The summed E-state index contributed by atoms with van der Waals surface area (Å²) in [6, 6.07) is 8.38. The quantitative estimate of drug-likeness (QED) is 0.703. The van der Waals surface area contributed by atoms with E-state index in [0.29, 0.717) is 6.54 Å². The number of nitrogens with two attached hydrogens (primary N) is 2. The van der Waals surface area contributed by atoms with Gasteiger partial charge in [-0.1, -0.05) is 24.3 Å². The Kier molecular flexibility index (Phi) is 6.31. The fourth-order valence-electron chi connectivity index (χ4n) is 2.17. The Bertz CT molecular complexity index is 336. The number of benzene rings is 1. The third-order valence-corrected chi connectivity index (χ3v) is 2.99. The van der Waals surface area contributed by atoms with Gasteiger partial charge in [-0.25, -0.2) is 0 Å². The van der Waals surface area contributed by atoms with E-state index in [9.17, 15) is 0 Å². The van der Waals surface area contributed by atoms with E-state index in [2.05, 4.69) is 18.2 Å². The van der Waals surface area contributed by atoms with E-state index in [1.165, 1.54) is 11.1 Å². The van der Waals surface area contributed by atoms with Crippen molar-refractivity contribution in [2.75, 3.05) is 6.54 Å². The van der Waals surface area contributed by atoms with Crippen molar-refractivity contribution in [2.45, 2.75) is 24.8 Å². The van der Waals surface area contributed by atoms with E-state index in [0.717, 1.165) is 19.3 Å².